The highest BCUT2D eigenvalue weighted by atomic mass is 79.9. The Morgan fingerprint density at radius 1 is 1.57 bits per heavy atom. The van der Waals surface area contributed by atoms with Gasteiger partial charge in [-0.25, -0.2) is 4.98 Å². The van der Waals surface area contributed by atoms with E-state index in [0.29, 0.717) is 5.69 Å². The summed E-state index contributed by atoms with van der Waals surface area (Å²) in [6.45, 7) is 2.02. The zero-order valence-electron chi connectivity index (χ0n) is 7.70. The number of aromatic nitrogens is 2. The summed E-state index contributed by atoms with van der Waals surface area (Å²) < 4.78 is 2.87. The minimum Gasteiger partial charge on any atom is -0.296 e. The molecule has 2 aromatic rings. The molecule has 3 nitrogen and oxygen atoms in total. The molecule has 0 amide bonds. The number of hydrogen-bond donors (Lipinski definition) is 0. The van der Waals surface area contributed by atoms with E-state index < -0.39 is 0 Å². The first-order valence-electron chi connectivity index (χ1n) is 4.39. The van der Waals surface area contributed by atoms with Gasteiger partial charge in [0, 0.05) is 6.42 Å². The molecule has 0 N–H and O–H groups in total. The fourth-order valence-electron chi connectivity index (χ4n) is 1.52. The van der Waals surface area contributed by atoms with Gasteiger partial charge in [0.05, 0.1) is 10.1 Å². The van der Waals surface area contributed by atoms with Gasteiger partial charge < -0.3 is 0 Å². The molecule has 0 saturated carbocycles. The molecule has 0 bridgehead atoms. The average molecular weight is 253 g/mol. The summed E-state index contributed by atoms with van der Waals surface area (Å²) in [5.74, 6) is 0.898. The van der Waals surface area contributed by atoms with Gasteiger partial charge in [-0.1, -0.05) is 13.0 Å². The van der Waals surface area contributed by atoms with Crippen molar-refractivity contribution >= 4 is 27.7 Å². The van der Waals surface area contributed by atoms with Crippen LogP contribution in [0.4, 0.5) is 0 Å². The molecule has 2 aromatic heterocycles. The van der Waals surface area contributed by atoms with Crippen LogP contribution in [0.2, 0.25) is 0 Å². The van der Waals surface area contributed by atoms with Crippen LogP contribution < -0.4 is 0 Å². The lowest BCUT2D eigenvalue weighted by atomic mass is 10.3. The van der Waals surface area contributed by atoms with E-state index >= 15 is 0 Å². The minimum atomic E-state index is 0.503. The summed E-state index contributed by atoms with van der Waals surface area (Å²) in [4.78, 5) is 15.0. The van der Waals surface area contributed by atoms with Crippen LogP contribution in [-0.4, -0.2) is 15.7 Å². The fourth-order valence-corrected chi connectivity index (χ4v) is 2.06. The number of fused-ring (bicyclic) bond motifs is 1. The number of halogens is 1. The van der Waals surface area contributed by atoms with Crippen LogP contribution in [0.1, 0.15) is 23.2 Å². The molecular weight excluding hydrogens is 244 g/mol. The van der Waals surface area contributed by atoms with E-state index in [1.165, 1.54) is 0 Å². The van der Waals surface area contributed by atoms with Crippen molar-refractivity contribution in [1.82, 2.24) is 9.38 Å². The molecule has 0 aliphatic carbocycles. The average Bonchev–Trinajstić information content (AvgIpc) is 2.57. The van der Waals surface area contributed by atoms with E-state index in [1.54, 1.807) is 0 Å². The predicted octanol–water partition coefficient (Wildman–Crippen LogP) is 2.47. The first kappa shape index (κ1) is 9.40. The quantitative estimate of drug-likeness (QED) is 0.608. The molecule has 0 radical (unpaired) electrons. The predicted molar refractivity (Wildman–Crippen MR) is 57.7 cm³/mol. The summed E-state index contributed by atoms with van der Waals surface area (Å²) in [5.41, 5.74) is 1.36. The molecule has 0 unspecified atom stereocenters. The number of hydrogen-bond acceptors (Lipinski definition) is 2. The molecule has 0 aliphatic rings. The van der Waals surface area contributed by atoms with Gasteiger partial charge in [-0.05, 0) is 28.1 Å². The normalized spacial score (nSPS) is 10.7. The van der Waals surface area contributed by atoms with Crippen LogP contribution in [0.3, 0.4) is 0 Å². The summed E-state index contributed by atoms with van der Waals surface area (Å²) in [7, 11) is 0. The number of carbonyl (C=O) groups is 1. The van der Waals surface area contributed by atoms with Crippen LogP contribution in [0, 0.1) is 0 Å². The van der Waals surface area contributed by atoms with E-state index in [2.05, 4.69) is 20.9 Å². The number of pyridine rings is 1. The molecule has 0 aromatic carbocycles. The minimum absolute atomic E-state index is 0.503. The van der Waals surface area contributed by atoms with Crippen LogP contribution in [0.5, 0.6) is 0 Å². The maximum atomic E-state index is 10.8. The van der Waals surface area contributed by atoms with E-state index in [4.69, 9.17) is 0 Å². The Hall–Kier alpha value is -1.16. The van der Waals surface area contributed by atoms with Crippen molar-refractivity contribution < 1.29 is 4.79 Å². The lowest BCUT2D eigenvalue weighted by Gasteiger charge is -2.00. The van der Waals surface area contributed by atoms with Gasteiger partial charge in [0.1, 0.15) is 11.5 Å². The number of imidazole rings is 1. The van der Waals surface area contributed by atoms with E-state index in [9.17, 15) is 4.79 Å². The van der Waals surface area contributed by atoms with Crippen LogP contribution in [-0.2, 0) is 6.42 Å². The molecule has 0 atom stereocenters. The topological polar surface area (TPSA) is 34.4 Å². The van der Waals surface area contributed by atoms with Gasteiger partial charge >= 0.3 is 0 Å². The molecule has 0 spiro atoms. The highest BCUT2D eigenvalue weighted by Gasteiger charge is 2.10. The maximum Gasteiger partial charge on any atom is 0.170 e. The number of rotatable bonds is 2. The second kappa shape index (κ2) is 3.53. The first-order valence-corrected chi connectivity index (χ1v) is 5.18. The van der Waals surface area contributed by atoms with Gasteiger partial charge in [-0.2, -0.15) is 0 Å². The van der Waals surface area contributed by atoms with Crippen molar-refractivity contribution in [2.24, 2.45) is 0 Å². The van der Waals surface area contributed by atoms with Gasteiger partial charge in [-0.3, -0.25) is 9.20 Å². The Kier molecular flexibility index (Phi) is 2.37. The smallest absolute Gasteiger partial charge is 0.170 e. The second-order valence-corrected chi connectivity index (χ2v) is 3.77. The highest BCUT2D eigenvalue weighted by Crippen LogP contribution is 2.18. The second-order valence-electron chi connectivity index (χ2n) is 2.95. The zero-order chi connectivity index (χ0) is 10.1. The molecule has 0 aliphatic heterocycles. The Bertz CT molecular complexity index is 490. The lowest BCUT2D eigenvalue weighted by Crippen LogP contribution is -1.93. The van der Waals surface area contributed by atoms with Crippen molar-refractivity contribution in [2.45, 2.75) is 13.3 Å². The van der Waals surface area contributed by atoms with Crippen LogP contribution in [0.15, 0.2) is 22.8 Å². The van der Waals surface area contributed by atoms with Crippen molar-refractivity contribution in [3.63, 3.8) is 0 Å². The third kappa shape index (κ3) is 1.26. The number of aryl methyl sites for hydroxylation is 1. The van der Waals surface area contributed by atoms with Crippen molar-refractivity contribution in [1.29, 1.82) is 0 Å². The Morgan fingerprint density at radius 2 is 2.36 bits per heavy atom. The van der Waals surface area contributed by atoms with Crippen molar-refractivity contribution in [3.05, 3.63) is 34.3 Å². The highest BCUT2D eigenvalue weighted by molar-refractivity contribution is 9.10. The largest absolute Gasteiger partial charge is 0.296 e. The van der Waals surface area contributed by atoms with Crippen molar-refractivity contribution in [2.75, 3.05) is 0 Å². The monoisotopic (exact) mass is 252 g/mol. The molecule has 0 saturated heterocycles. The fraction of sp³-hybridized carbons (Fsp3) is 0.200. The Labute approximate surface area is 89.9 Å². The summed E-state index contributed by atoms with van der Waals surface area (Å²) in [6, 6.07) is 5.72. The molecule has 2 heterocycles. The molecule has 14 heavy (non-hydrogen) atoms. The van der Waals surface area contributed by atoms with Gasteiger partial charge in [0.25, 0.3) is 0 Å². The van der Waals surface area contributed by atoms with Crippen LogP contribution in [0.25, 0.3) is 5.52 Å². The number of nitrogens with zero attached hydrogens (tertiary/aromatic N) is 2. The van der Waals surface area contributed by atoms with Gasteiger partial charge in [-0.15, -0.1) is 0 Å². The molecule has 72 valence electrons. The first-order chi connectivity index (χ1) is 6.77. The third-order valence-electron chi connectivity index (χ3n) is 2.14. The molecule has 0 fully saturated rings. The van der Waals surface area contributed by atoms with E-state index in [1.807, 2.05) is 29.5 Å². The van der Waals surface area contributed by atoms with Crippen LogP contribution >= 0.6 is 15.9 Å². The summed E-state index contributed by atoms with van der Waals surface area (Å²) in [6.07, 6.45) is 1.60. The van der Waals surface area contributed by atoms with E-state index in [0.717, 1.165) is 28.7 Å². The van der Waals surface area contributed by atoms with E-state index in [-0.39, 0.29) is 0 Å². The Balaban J connectivity index is 2.88. The summed E-state index contributed by atoms with van der Waals surface area (Å²) >= 11 is 3.44. The molecule has 4 heteroatoms. The SMILES string of the molecule is CCc1nc(C=O)c2cccc(Br)n12. The third-order valence-corrected chi connectivity index (χ3v) is 2.76. The lowest BCUT2D eigenvalue weighted by molar-refractivity contribution is 0.112. The molecular formula is C10H9BrN2O. The summed E-state index contributed by atoms with van der Waals surface area (Å²) in [5, 5.41) is 0. The number of carbonyl (C=O) groups excluding carboxylic acids is 1. The number of aldehydes is 1. The Morgan fingerprint density at radius 3 is 3.00 bits per heavy atom. The standard InChI is InChI=1S/C10H9BrN2O/c1-2-10-12-7(6-14)8-4-3-5-9(11)13(8)10/h3-6H,2H2,1H3. The molecule has 2 rings (SSSR count). The van der Waals surface area contributed by atoms with Gasteiger partial charge in [0.15, 0.2) is 6.29 Å². The van der Waals surface area contributed by atoms with Gasteiger partial charge in [0.2, 0.25) is 0 Å². The maximum absolute atomic E-state index is 10.8. The zero-order valence-corrected chi connectivity index (χ0v) is 9.28. The van der Waals surface area contributed by atoms with Crippen molar-refractivity contribution in [3.8, 4) is 0 Å².